The highest BCUT2D eigenvalue weighted by atomic mass is 16.5. The minimum absolute atomic E-state index is 0.486. The zero-order valence-corrected chi connectivity index (χ0v) is 15.2. The molecule has 1 aliphatic heterocycles. The van der Waals surface area contributed by atoms with Crippen LogP contribution in [-0.2, 0) is 11.3 Å². The Morgan fingerprint density at radius 1 is 1.04 bits per heavy atom. The van der Waals surface area contributed by atoms with Crippen molar-refractivity contribution in [1.29, 1.82) is 0 Å². The Kier molecular flexibility index (Phi) is 5.85. The summed E-state index contributed by atoms with van der Waals surface area (Å²) in [4.78, 5) is 0. The lowest BCUT2D eigenvalue weighted by atomic mass is 9.94. The smallest absolute Gasteiger partial charge is 0.131 e. The second-order valence-corrected chi connectivity index (χ2v) is 7.24. The van der Waals surface area contributed by atoms with E-state index < -0.39 is 0 Å². The van der Waals surface area contributed by atoms with Crippen LogP contribution in [0.15, 0.2) is 54.6 Å². The van der Waals surface area contributed by atoms with Crippen LogP contribution in [0.25, 0.3) is 0 Å². The first-order valence-corrected chi connectivity index (χ1v) is 9.75. The first-order valence-electron chi connectivity index (χ1n) is 9.75. The second kappa shape index (κ2) is 8.67. The van der Waals surface area contributed by atoms with Crippen LogP contribution < -0.4 is 15.4 Å². The maximum Gasteiger partial charge on any atom is 0.131 e. The van der Waals surface area contributed by atoms with Gasteiger partial charge >= 0.3 is 0 Å². The molecule has 2 fully saturated rings. The van der Waals surface area contributed by atoms with Gasteiger partial charge in [0.2, 0.25) is 0 Å². The zero-order chi connectivity index (χ0) is 17.6. The van der Waals surface area contributed by atoms with Crippen molar-refractivity contribution >= 4 is 0 Å². The van der Waals surface area contributed by atoms with Crippen LogP contribution in [0.4, 0.5) is 0 Å². The summed E-state index contributed by atoms with van der Waals surface area (Å²) in [6, 6.07) is 19.3. The average Bonchev–Trinajstić information content (AvgIpc) is 3.17. The normalized spacial score (nSPS) is 25.9. The van der Waals surface area contributed by atoms with E-state index in [1.807, 2.05) is 42.5 Å². The van der Waals surface area contributed by atoms with Crippen LogP contribution in [0.2, 0.25) is 0 Å². The van der Waals surface area contributed by atoms with E-state index in [0.717, 1.165) is 37.8 Å². The van der Waals surface area contributed by atoms with Gasteiger partial charge in [-0.05, 0) is 37.0 Å². The van der Waals surface area contributed by atoms with E-state index >= 15 is 0 Å². The Balaban J connectivity index is 1.39. The molecule has 1 aliphatic carbocycles. The maximum absolute atomic E-state index is 6.10. The average molecular weight is 352 g/mol. The minimum atomic E-state index is 0.486. The molecule has 1 saturated carbocycles. The van der Waals surface area contributed by atoms with Gasteiger partial charge < -0.3 is 20.1 Å². The molecule has 0 amide bonds. The largest absolute Gasteiger partial charge is 0.457 e. The molecule has 0 aromatic heterocycles. The van der Waals surface area contributed by atoms with Crippen LogP contribution in [0.3, 0.4) is 0 Å². The van der Waals surface area contributed by atoms with Crippen molar-refractivity contribution in [1.82, 2.24) is 10.6 Å². The molecule has 2 N–H and O–H groups in total. The Bertz CT molecular complexity index is 686. The molecule has 4 rings (SSSR count). The number of benzene rings is 2. The third kappa shape index (κ3) is 4.26. The molecule has 1 saturated heterocycles. The Labute approximate surface area is 155 Å². The van der Waals surface area contributed by atoms with Gasteiger partial charge in [-0.3, -0.25) is 0 Å². The molecule has 2 aliphatic rings. The van der Waals surface area contributed by atoms with Gasteiger partial charge in [-0.1, -0.05) is 42.8 Å². The summed E-state index contributed by atoms with van der Waals surface area (Å²) < 4.78 is 11.8. The first kappa shape index (κ1) is 17.5. The number of para-hydroxylation sites is 2. The molecule has 2 aromatic rings. The topological polar surface area (TPSA) is 42.5 Å². The van der Waals surface area contributed by atoms with E-state index in [0.29, 0.717) is 18.0 Å². The fraction of sp³-hybridized carbons (Fsp3) is 0.455. The second-order valence-electron chi connectivity index (χ2n) is 7.24. The number of morpholine rings is 1. The molecular formula is C22H28N2O2. The molecule has 26 heavy (non-hydrogen) atoms. The fourth-order valence-corrected chi connectivity index (χ4v) is 4.19. The standard InChI is InChI=1S/C22H28N2O2/c1-2-8-18(9-3-1)26-22-12-5-4-7-17(22)15-24-20-11-6-10-19(20)21-16-25-14-13-23-21/h1-5,7-9,12,19-21,23-24H,6,10-11,13-16H2. The van der Waals surface area contributed by atoms with Crippen LogP contribution in [0.1, 0.15) is 24.8 Å². The molecule has 3 atom stereocenters. The minimum Gasteiger partial charge on any atom is -0.457 e. The highest BCUT2D eigenvalue weighted by Gasteiger charge is 2.34. The van der Waals surface area contributed by atoms with Crippen molar-refractivity contribution < 1.29 is 9.47 Å². The summed E-state index contributed by atoms with van der Waals surface area (Å²) in [6.45, 7) is 3.49. The SMILES string of the molecule is c1ccc(Oc2ccccc2CNC2CCCC2C2COCCN2)cc1. The summed E-state index contributed by atoms with van der Waals surface area (Å²) >= 11 is 0. The molecule has 3 unspecified atom stereocenters. The maximum atomic E-state index is 6.10. The summed E-state index contributed by atoms with van der Waals surface area (Å²) in [5.74, 6) is 2.46. The van der Waals surface area contributed by atoms with Gasteiger partial charge in [-0.15, -0.1) is 0 Å². The van der Waals surface area contributed by atoms with Crippen LogP contribution in [-0.4, -0.2) is 31.8 Å². The predicted octanol–water partition coefficient (Wildman–Crippen LogP) is 3.73. The predicted molar refractivity (Wildman–Crippen MR) is 104 cm³/mol. The Hall–Kier alpha value is -1.88. The van der Waals surface area contributed by atoms with Gasteiger partial charge in [-0.2, -0.15) is 0 Å². The first-order chi connectivity index (χ1) is 12.9. The highest BCUT2D eigenvalue weighted by Crippen LogP contribution is 2.31. The van der Waals surface area contributed by atoms with E-state index in [-0.39, 0.29) is 0 Å². The monoisotopic (exact) mass is 352 g/mol. The lowest BCUT2D eigenvalue weighted by Gasteiger charge is -2.33. The van der Waals surface area contributed by atoms with Gasteiger partial charge in [0.1, 0.15) is 11.5 Å². The summed E-state index contributed by atoms with van der Waals surface area (Å²) in [6.07, 6.45) is 3.81. The van der Waals surface area contributed by atoms with Gasteiger partial charge in [-0.25, -0.2) is 0 Å². The number of nitrogens with one attached hydrogen (secondary N) is 2. The Morgan fingerprint density at radius 3 is 2.73 bits per heavy atom. The van der Waals surface area contributed by atoms with Crippen molar-refractivity contribution in [2.24, 2.45) is 5.92 Å². The number of ether oxygens (including phenoxy) is 2. The Morgan fingerprint density at radius 2 is 1.88 bits per heavy atom. The van der Waals surface area contributed by atoms with E-state index in [1.54, 1.807) is 0 Å². The van der Waals surface area contributed by atoms with Gasteiger partial charge in [0.25, 0.3) is 0 Å². The molecule has 0 radical (unpaired) electrons. The molecule has 0 spiro atoms. The highest BCUT2D eigenvalue weighted by molar-refractivity contribution is 5.37. The molecule has 0 bridgehead atoms. The summed E-state index contributed by atoms with van der Waals surface area (Å²) in [5, 5.41) is 7.44. The van der Waals surface area contributed by atoms with E-state index in [1.165, 1.54) is 24.8 Å². The molecule has 4 nitrogen and oxygen atoms in total. The lowest BCUT2D eigenvalue weighted by molar-refractivity contribution is 0.0524. The van der Waals surface area contributed by atoms with Gasteiger partial charge in [0.15, 0.2) is 0 Å². The van der Waals surface area contributed by atoms with Crippen molar-refractivity contribution in [2.75, 3.05) is 19.8 Å². The van der Waals surface area contributed by atoms with Crippen molar-refractivity contribution in [3.05, 3.63) is 60.2 Å². The number of rotatable bonds is 6. The van der Waals surface area contributed by atoms with Crippen molar-refractivity contribution in [3.8, 4) is 11.5 Å². The summed E-state index contributed by atoms with van der Waals surface area (Å²) in [5.41, 5.74) is 1.20. The van der Waals surface area contributed by atoms with Crippen LogP contribution >= 0.6 is 0 Å². The van der Waals surface area contributed by atoms with E-state index in [9.17, 15) is 0 Å². The van der Waals surface area contributed by atoms with E-state index in [4.69, 9.17) is 9.47 Å². The summed E-state index contributed by atoms with van der Waals surface area (Å²) in [7, 11) is 0. The number of hydrogen-bond acceptors (Lipinski definition) is 4. The van der Waals surface area contributed by atoms with Gasteiger partial charge in [0.05, 0.1) is 13.2 Å². The quantitative estimate of drug-likeness (QED) is 0.831. The van der Waals surface area contributed by atoms with Crippen LogP contribution in [0, 0.1) is 5.92 Å². The van der Waals surface area contributed by atoms with Crippen molar-refractivity contribution in [3.63, 3.8) is 0 Å². The molecule has 138 valence electrons. The lowest BCUT2D eigenvalue weighted by Crippen LogP contribution is -2.50. The zero-order valence-electron chi connectivity index (χ0n) is 15.2. The van der Waals surface area contributed by atoms with E-state index in [2.05, 4.69) is 22.8 Å². The van der Waals surface area contributed by atoms with Crippen LogP contribution in [0.5, 0.6) is 11.5 Å². The number of hydrogen-bond donors (Lipinski definition) is 2. The molecule has 1 heterocycles. The van der Waals surface area contributed by atoms with Gasteiger partial charge in [0, 0.05) is 30.7 Å². The third-order valence-corrected chi connectivity index (χ3v) is 5.53. The molecule has 2 aromatic carbocycles. The fourth-order valence-electron chi connectivity index (χ4n) is 4.19. The molecular weight excluding hydrogens is 324 g/mol. The van der Waals surface area contributed by atoms with Crippen molar-refractivity contribution in [2.45, 2.75) is 37.9 Å². The third-order valence-electron chi connectivity index (χ3n) is 5.53. The molecule has 4 heteroatoms.